The summed E-state index contributed by atoms with van der Waals surface area (Å²) in [6.45, 7) is 6.46. The highest BCUT2D eigenvalue weighted by atomic mass is 79.9. The molecule has 1 atom stereocenters. The molecule has 0 aliphatic carbocycles. The van der Waals surface area contributed by atoms with Gasteiger partial charge in [0.1, 0.15) is 11.4 Å². The number of fused-ring (bicyclic) bond motifs is 1. The Morgan fingerprint density at radius 2 is 2.03 bits per heavy atom. The number of rotatable bonds is 8. The summed E-state index contributed by atoms with van der Waals surface area (Å²) in [7, 11) is 0. The number of pyridine rings is 1. The summed E-state index contributed by atoms with van der Waals surface area (Å²) in [5.74, 6) is 2.26. The van der Waals surface area contributed by atoms with Crippen LogP contribution in [0.4, 0.5) is 0 Å². The van der Waals surface area contributed by atoms with E-state index in [1.165, 1.54) is 0 Å². The summed E-state index contributed by atoms with van der Waals surface area (Å²) < 4.78 is 11.1. The number of ether oxygens (including phenoxy) is 1. The Bertz CT molecular complexity index is 1090. The van der Waals surface area contributed by atoms with Crippen LogP contribution >= 0.6 is 27.7 Å². The predicted octanol–water partition coefficient (Wildman–Crippen LogP) is 5.31. The summed E-state index contributed by atoms with van der Waals surface area (Å²) in [6, 6.07) is 13.7. The smallest absolute Gasteiger partial charge is 0.192 e. The highest BCUT2D eigenvalue weighted by molar-refractivity contribution is 9.10. The Morgan fingerprint density at radius 3 is 2.79 bits per heavy atom. The molecule has 0 radical (unpaired) electrons. The van der Waals surface area contributed by atoms with Gasteiger partial charge in [-0.05, 0) is 43.3 Å². The van der Waals surface area contributed by atoms with Crippen LogP contribution in [0.25, 0.3) is 5.65 Å². The number of hydrogen-bond donors (Lipinski definition) is 0. The monoisotopic (exact) mass is 469 g/mol. The standard InChI is InChI=1S/C21H20BrN5OS/c1-3-11-27-20(15(2)28-18-9-7-16(22)8-10-18)24-25-21(27)29-14-17-13-26-12-5-4-6-19(26)23-17/h3-10,12-13,15H,1,11,14H2,2H3. The molecule has 8 heteroatoms. The minimum absolute atomic E-state index is 0.242. The molecule has 0 bridgehead atoms. The second-order valence-corrected chi connectivity index (χ2v) is 8.30. The molecule has 0 fully saturated rings. The molecule has 1 aromatic carbocycles. The molecule has 29 heavy (non-hydrogen) atoms. The van der Waals surface area contributed by atoms with Crippen molar-refractivity contribution in [2.45, 2.75) is 30.5 Å². The van der Waals surface area contributed by atoms with Gasteiger partial charge in [0.15, 0.2) is 17.1 Å². The summed E-state index contributed by atoms with van der Waals surface area (Å²) in [5.41, 5.74) is 1.93. The van der Waals surface area contributed by atoms with Crippen LogP contribution < -0.4 is 4.74 Å². The minimum atomic E-state index is -0.242. The van der Waals surface area contributed by atoms with Gasteiger partial charge in [-0.1, -0.05) is 39.8 Å². The first-order chi connectivity index (χ1) is 14.1. The molecular formula is C21H20BrN5OS. The van der Waals surface area contributed by atoms with E-state index >= 15 is 0 Å². The first kappa shape index (κ1) is 19.7. The Morgan fingerprint density at radius 1 is 1.21 bits per heavy atom. The van der Waals surface area contributed by atoms with E-state index in [2.05, 4.69) is 37.7 Å². The number of nitrogens with zero attached hydrogens (tertiary/aromatic N) is 5. The molecule has 0 saturated carbocycles. The van der Waals surface area contributed by atoms with Crippen LogP contribution in [0.2, 0.25) is 0 Å². The lowest BCUT2D eigenvalue weighted by atomic mass is 10.3. The van der Waals surface area contributed by atoms with Crippen LogP contribution in [-0.4, -0.2) is 24.1 Å². The summed E-state index contributed by atoms with van der Waals surface area (Å²) >= 11 is 5.04. The predicted molar refractivity (Wildman–Crippen MR) is 118 cm³/mol. The van der Waals surface area contributed by atoms with Crippen molar-refractivity contribution in [2.24, 2.45) is 0 Å². The summed E-state index contributed by atoms with van der Waals surface area (Å²) in [5, 5.41) is 9.60. The molecular weight excluding hydrogens is 450 g/mol. The van der Waals surface area contributed by atoms with Gasteiger partial charge in [0.05, 0.1) is 5.69 Å². The van der Waals surface area contributed by atoms with Crippen LogP contribution in [0, 0.1) is 0 Å². The van der Waals surface area contributed by atoms with Gasteiger partial charge in [-0.15, -0.1) is 16.8 Å². The maximum Gasteiger partial charge on any atom is 0.192 e. The molecule has 1 unspecified atom stereocenters. The molecule has 0 saturated heterocycles. The zero-order chi connectivity index (χ0) is 20.2. The Hall–Kier alpha value is -2.58. The first-order valence-electron chi connectivity index (χ1n) is 9.15. The average molecular weight is 470 g/mol. The van der Waals surface area contributed by atoms with Gasteiger partial charge in [0.2, 0.25) is 0 Å². The van der Waals surface area contributed by atoms with E-state index in [1.54, 1.807) is 11.8 Å². The molecule has 148 valence electrons. The van der Waals surface area contributed by atoms with E-state index in [9.17, 15) is 0 Å². The number of thioether (sulfide) groups is 1. The Balaban J connectivity index is 1.50. The van der Waals surface area contributed by atoms with Crippen molar-refractivity contribution in [3.05, 3.63) is 83.5 Å². The minimum Gasteiger partial charge on any atom is -0.483 e. The largest absolute Gasteiger partial charge is 0.483 e. The fourth-order valence-corrected chi connectivity index (χ4v) is 4.08. The fourth-order valence-electron chi connectivity index (χ4n) is 2.97. The third kappa shape index (κ3) is 4.54. The normalized spacial score (nSPS) is 12.2. The fraction of sp³-hybridized carbons (Fsp3) is 0.190. The molecule has 0 amide bonds. The van der Waals surface area contributed by atoms with Gasteiger partial charge in [-0.25, -0.2) is 4.98 Å². The third-order valence-electron chi connectivity index (χ3n) is 4.31. The maximum absolute atomic E-state index is 6.05. The Labute approximate surface area is 181 Å². The van der Waals surface area contributed by atoms with Gasteiger partial charge in [0, 0.05) is 29.2 Å². The van der Waals surface area contributed by atoms with E-state index < -0.39 is 0 Å². The number of allylic oxidation sites excluding steroid dienone is 1. The molecule has 0 aliphatic rings. The van der Waals surface area contributed by atoms with E-state index in [0.29, 0.717) is 12.3 Å². The lowest BCUT2D eigenvalue weighted by Crippen LogP contribution is -2.12. The van der Waals surface area contributed by atoms with Crippen molar-refractivity contribution < 1.29 is 4.74 Å². The van der Waals surface area contributed by atoms with Crippen molar-refractivity contribution in [1.29, 1.82) is 0 Å². The summed E-state index contributed by atoms with van der Waals surface area (Å²) in [4.78, 5) is 4.64. The summed E-state index contributed by atoms with van der Waals surface area (Å²) in [6.07, 6.45) is 5.63. The van der Waals surface area contributed by atoms with Crippen molar-refractivity contribution in [2.75, 3.05) is 0 Å². The average Bonchev–Trinajstić information content (AvgIpc) is 3.32. The van der Waals surface area contributed by atoms with Crippen molar-refractivity contribution >= 4 is 33.3 Å². The zero-order valence-corrected chi connectivity index (χ0v) is 18.3. The Kier molecular flexibility index (Phi) is 6.01. The molecule has 0 aliphatic heterocycles. The highest BCUT2D eigenvalue weighted by Crippen LogP contribution is 2.27. The van der Waals surface area contributed by atoms with E-state index in [-0.39, 0.29) is 6.10 Å². The lowest BCUT2D eigenvalue weighted by Gasteiger charge is -2.15. The number of benzene rings is 1. The maximum atomic E-state index is 6.05. The second kappa shape index (κ2) is 8.84. The van der Waals surface area contributed by atoms with Crippen molar-refractivity contribution in [3.63, 3.8) is 0 Å². The van der Waals surface area contributed by atoms with Gasteiger partial charge < -0.3 is 9.14 Å². The van der Waals surface area contributed by atoms with Crippen LogP contribution in [0.3, 0.4) is 0 Å². The van der Waals surface area contributed by atoms with Crippen molar-refractivity contribution in [1.82, 2.24) is 24.1 Å². The number of imidazole rings is 1. The van der Waals surface area contributed by atoms with Crippen LogP contribution in [0.15, 0.2) is 77.1 Å². The molecule has 4 rings (SSSR count). The zero-order valence-electron chi connectivity index (χ0n) is 15.9. The molecule has 3 aromatic heterocycles. The number of halogens is 1. The van der Waals surface area contributed by atoms with Gasteiger partial charge in [-0.3, -0.25) is 4.57 Å². The number of aromatic nitrogens is 5. The van der Waals surface area contributed by atoms with Gasteiger partial charge in [-0.2, -0.15) is 0 Å². The van der Waals surface area contributed by atoms with E-state index in [1.807, 2.05) is 76.8 Å². The highest BCUT2D eigenvalue weighted by Gasteiger charge is 2.19. The lowest BCUT2D eigenvalue weighted by molar-refractivity contribution is 0.210. The van der Waals surface area contributed by atoms with Crippen LogP contribution in [0.5, 0.6) is 5.75 Å². The SMILES string of the molecule is C=CCn1c(SCc2cn3ccccc3n2)nnc1C(C)Oc1ccc(Br)cc1. The van der Waals surface area contributed by atoms with Crippen molar-refractivity contribution in [3.8, 4) is 5.75 Å². The van der Waals surface area contributed by atoms with E-state index in [4.69, 9.17) is 4.74 Å². The van der Waals surface area contributed by atoms with Crippen LogP contribution in [0.1, 0.15) is 24.5 Å². The topological polar surface area (TPSA) is 57.2 Å². The van der Waals surface area contributed by atoms with Gasteiger partial charge in [0.25, 0.3) is 0 Å². The molecule has 0 N–H and O–H groups in total. The van der Waals surface area contributed by atoms with Crippen LogP contribution in [-0.2, 0) is 12.3 Å². The van der Waals surface area contributed by atoms with Gasteiger partial charge >= 0.3 is 0 Å². The third-order valence-corrected chi connectivity index (χ3v) is 5.84. The molecule has 3 heterocycles. The first-order valence-corrected chi connectivity index (χ1v) is 10.9. The molecule has 6 nitrogen and oxygen atoms in total. The number of hydrogen-bond acceptors (Lipinski definition) is 5. The second-order valence-electron chi connectivity index (χ2n) is 6.44. The molecule has 0 spiro atoms. The van der Waals surface area contributed by atoms with E-state index in [0.717, 1.165) is 32.5 Å². The molecule has 4 aromatic rings. The quantitative estimate of drug-likeness (QED) is 0.258.